The summed E-state index contributed by atoms with van der Waals surface area (Å²) in [4.78, 5) is 28.7. The molecule has 0 bridgehead atoms. The fraction of sp³-hybridized carbons (Fsp3) is 0.150. The summed E-state index contributed by atoms with van der Waals surface area (Å²) in [6.07, 6.45) is 1.75. The van der Waals surface area contributed by atoms with Crippen LogP contribution in [0.15, 0.2) is 58.4 Å². The highest BCUT2D eigenvalue weighted by Crippen LogP contribution is 2.32. The lowest BCUT2D eigenvalue weighted by Crippen LogP contribution is -2.19. The van der Waals surface area contributed by atoms with Crippen LogP contribution in [0.4, 0.5) is 5.69 Å². The van der Waals surface area contributed by atoms with Gasteiger partial charge >= 0.3 is 5.97 Å². The number of nitrogens with zero attached hydrogens (tertiary/aromatic N) is 1. The summed E-state index contributed by atoms with van der Waals surface area (Å²) in [5.41, 5.74) is 1.92. The normalized spacial score (nSPS) is 16.4. The molecule has 0 spiro atoms. The molecule has 0 saturated carbocycles. The number of hydrogen-bond donors (Lipinski definition) is 1. The number of carbonyl (C=O) groups is 2. The van der Waals surface area contributed by atoms with Gasteiger partial charge < -0.3 is 14.8 Å². The van der Waals surface area contributed by atoms with E-state index in [9.17, 15) is 9.59 Å². The van der Waals surface area contributed by atoms with E-state index in [4.69, 9.17) is 4.74 Å². The molecule has 1 aliphatic heterocycles. The number of thioether (sulfide) groups is 1. The Labute approximate surface area is 161 Å². The van der Waals surface area contributed by atoms with Crippen LogP contribution in [-0.2, 0) is 9.53 Å². The quantitative estimate of drug-likeness (QED) is 0.629. The third kappa shape index (κ3) is 4.57. The maximum absolute atomic E-state index is 12.2. The summed E-state index contributed by atoms with van der Waals surface area (Å²) < 4.78 is 10.2. The molecular formula is C20H18N2O4S. The van der Waals surface area contributed by atoms with E-state index < -0.39 is 5.97 Å². The van der Waals surface area contributed by atoms with Crippen molar-refractivity contribution in [3.8, 4) is 5.75 Å². The zero-order valence-corrected chi connectivity index (χ0v) is 15.7. The Balaban J connectivity index is 1.79. The Kier molecular flexibility index (Phi) is 5.93. The molecule has 0 atom stereocenters. The van der Waals surface area contributed by atoms with Crippen LogP contribution in [0.5, 0.6) is 5.75 Å². The summed E-state index contributed by atoms with van der Waals surface area (Å²) in [7, 11) is 1.34. The average molecular weight is 382 g/mol. The lowest BCUT2D eigenvalue weighted by atomic mass is 10.1. The fourth-order valence-electron chi connectivity index (χ4n) is 2.40. The molecule has 2 aromatic carbocycles. The molecule has 6 nitrogen and oxygen atoms in total. The summed E-state index contributed by atoms with van der Waals surface area (Å²) in [6.45, 7) is 2.44. The van der Waals surface area contributed by atoms with Gasteiger partial charge in [-0.05, 0) is 54.6 Å². The Morgan fingerprint density at radius 2 is 1.93 bits per heavy atom. The van der Waals surface area contributed by atoms with Crippen molar-refractivity contribution in [3.63, 3.8) is 0 Å². The number of methoxy groups -OCH3 is 1. The molecule has 27 heavy (non-hydrogen) atoms. The second-order valence-corrected chi connectivity index (χ2v) is 6.53. The van der Waals surface area contributed by atoms with Gasteiger partial charge in [0.2, 0.25) is 0 Å². The molecule has 1 saturated heterocycles. The van der Waals surface area contributed by atoms with Crippen molar-refractivity contribution in [2.45, 2.75) is 6.92 Å². The van der Waals surface area contributed by atoms with Crippen LogP contribution in [0.3, 0.4) is 0 Å². The number of rotatable bonds is 5. The van der Waals surface area contributed by atoms with E-state index in [-0.39, 0.29) is 5.91 Å². The summed E-state index contributed by atoms with van der Waals surface area (Å²) in [6, 6.07) is 14.2. The third-order valence-electron chi connectivity index (χ3n) is 3.67. The van der Waals surface area contributed by atoms with E-state index in [1.807, 2.05) is 31.2 Å². The predicted molar refractivity (Wildman–Crippen MR) is 106 cm³/mol. The standard InChI is InChI=1S/C20H18N2O4S/c1-3-26-16-7-5-4-6-15(16)21-20-22-18(23)17(27-20)12-13-8-10-14(11-9-13)19(24)25-2/h4-12H,3H2,1-2H3,(H,21,22,23)/b17-12-. The second-order valence-electron chi connectivity index (χ2n) is 5.50. The fourth-order valence-corrected chi connectivity index (χ4v) is 3.24. The van der Waals surface area contributed by atoms with Gasteiger partial charge in [0.25, 0.3) is 5.91 Å². The Morgan fingerprint density at radius 1 is 1.19 bits per heavy atom. The first kappa shape index (κ1) is 18.7. The molecule has 0 aromatic heterocycles. The van der Waals surface area contributed by atoms with E-state index in [1.54, 1.807) is 30.3 Å². The first-order valence-corrected chi connectivity index (χ1v) is 9.12. The number of hydrogen-bond acceptors (Lipinski definition) is 6. The highest BCUT2D eigenvalue weighted by molar-refractivity contribution is 8.18. The molecule has 0 aliphatic carbocycles. The first-order valence-electron chi connectivity index (χ1n) is 8.30. The average Bonchev–Trinajstić information content (AvgIpc) is 3.02. The molecule has 138 valence electrons. The molecule has 1 aliphatic rings. The van der Waals surface area contributed by atoms with Crippen LogP contribution < -0.4 is 10.1 Å². The van der Waals surface area contributed by atoms with Crippen LogP contribution >= 0.6 is 11.8 Å². The Hall–Kier alpha value is -3.06. The van der Waals surface area contributed by atoms with Crippen molar-refractivity contribution in [2.24, 2.45) is 4.99 Å². The molecule has 1 fully saturated rings. The molecular weight excluding hydrogens is 364 g/mol. The second kappa shape index (κ2) is 8.55. The van der Waals surface area contributed by atoms with Crippen molar-refractivity contribution in [2.75, 3.05) is 13.7 Å². The molecule has 2 aromatic rings. The molecule has 1 N–H and O–H groups in total. The lowest BCUT2D eigenvalue weighted by Gasteiger charge is -2.06. The van der Waals surface area contributed by atoms with Gasteiger partial charge in [-0.25, -0.2) is 9.79 Å². The van der Waals surface area contributed by atoms with E-state index in [0.29, 0.717) is 33.7 Å². The van der Waals surface area contributed by atoms with Crippen molar-refractivity contribution < 1.29 is 19.1 Å². The van der Waals surface area contributed by atoms with Crippen LogP contribution in [0, 0.1) is 0 Å². The van der Waals surface area contributed by atoms with Gasteiger partial charge in [-0.1, -0.05) is 24.3 Å². The number of benzene rings is 2. The highest BCUT2D eigenvalue weighted by atomic mass is 32.2. The zero-order valence-electron chi connectivity index (χ0n) is 14.9. The number of nitrogens with one attached hydrogen (secondary N) is 1. The van der Waals surface area contributed by atoms with Crippen LogP contribution in [-0.4, -0.2) is 30.8 Å². The maximum Gasteiger partial charge on any atom is 0.337 e. The van der Waals surface area contributed by atoms with E-state index in [0.717, 1.165) is 5.56 Å². The topological polar surface area (TPSA) is 77.0 Å². The van der Waals surface area contributed by atoms with E-state index >= 15 is 0 Å². The summed E-state index contributed by atoms with van der Waals surface area (Å²) in [5.74, 6) is 0.0485. The monoisotopic (exact) mass is 382 g/mol. The highest BCUT2D eigenvalue weighted by Gasteiger charge is 2.24. The van der Waals surface area contributed by atoms with Gasteiger partial charge in [0.1, 0.15) is 11.4 Å². The van der Waals surface area contributed by atoms with Crippen LogP contribution in [0.1, 0.15) is 22.8 Å². The van der Waals surface area contributed by atoms with Crippen molar-refractivity contribution in [3.05, 3.63) is 64.6 Å². The SMILES string of the molecule is CCOc1ccccc1N=C1NC(=O)/C(=C/c2ccc(C(=O)OC)cc2)S1. The number of esters is 1. The van der Waals surface area contributed by atoms with Crippen molar-refractivity contribution in [1.29, 1.82) is 0 Å². The molecule has 0 radical (unpaired) electrons. The van der Waals surface area contributed by atoms with E-state index in [2.05, 4.69) is 15.0 Å². The summed E-state index contributed by atoms with van der Waals surface area (Å²) in [5, 5.41) is 3.25. The number of para-hydroxylation sites is 2. The minimum Gasteiger partial charge on any atom is -0.492 e. The van der Waals surface area contributed by atoms with Crippen molar-refractivity contribution >= 4 is 40.6 Å². The minimum atomic E-state index is -0.399. The van der Waals surface area contributed by atoms with Gasteiger partial charge in [-0.3, -0.25) is 4.79 Å². The molecule has 3 rings (SSSR count). The number of amidine groups is 1. The minimum absolute atomic E-state index is 0.218. The number of amides is 1. The predicted octanol–water partition coefficient (Wildman–Crippen LogP) is 3.76. The lowest BCUT2D eigenvalue weighted by molar-refractivity contribution is -0.115. The van der Waals surface area contributed by atoms with E-state index in [1.165, 1.54) is 18.9 Å². The molecule has 1 heterocycles. The Bertz CT molecular complexity index is 920. The van der Waals surface area contributed by atoms with Gasteiger partial charge in [0, 0.05) is 0 Å². The van der Waals surface area contributed by atoms with Gasteiger partial charge in [-0.2, -0.15) is 0 Å². The molecule has 0 unspecified atom stereocenters. The van der Waals surface area contributed by atoms with Gasteiger partial charge in [0.15, 0.2) is 5.17 Å². The van der Waals surface area contributed by atoms with Gasteiger partial charge in [0.05, 0.1) is 24.2 Å². The van der Waals surface area contributed by atoms with Gasteiger partial charge in [-0.15, -0.1) is 0 Å². The van der Waals surface area contributed by atoms with Crippen LogP contribution in [0.25, 0.3) is 6.08 Å². The zero-order chi connectivity index (χ0) is 19.2. The first-order chi connectivity index (χ1) is 13.1. The third-order valence-corrected chi connectivity index (χ3v) is 4.58. The smallest absolute Gasteiger partial charge is 0.337 e. The summed E-state index contributed by atoms with van der Waals surface area (Å²) >= 11 is 1.25. The molecule has 7 heteroatoms. The van der Waals surface area contributed by atoms with Crippen molar-refractivity contribution in [1.82, 2.24) is 5.32 Å². The molecule has 1 amide bonds. The number of ether oxygens (including phenoxy) is 2. The Morgan fingerprint density at radius 3 is 2.63 bits per heavy atom. The maximum atomic E-state index is 12.2. The number of aliphatic imine (C=N–C) groups is 1. The largest absolute Gasteiger partial charge is 0.492 e. The van der Waals surface area contributed by atoms with Crippen LogP contribution in [0.2, 0.25) is 0 Å². The number of carbonyl (C=O) groups excluding carboxylic acids is 2.